The maximum atomic E-state index is 13.0. The molecule has 0 radical (unpaired) electrons. The molecular weight excluding hydrogens is 335 g/mol. The summed E-state index contributed by atoms with van der Waals surface area (Å²) in [5.41, 5.74) is 1.83. The number of nitrogens with one attached hydrogen (secondary N) is 1. The van der Waals surface area contributed by atoms with Crippen LogP contribution in [0.15, 0.2) is 46.9 Å². The summed E-state index contributed by atoms with van der Waals surface area (Å²) >= 11 is 3.18. The Morgan fingerprint density at radius 2 is 1.95 bits per heavy atom. The molecule has 0 saturated heterocycles. The standard InChI is InChI=1S/C16H12BrFN2O/c1-10(12-4-2-11(9-19)3-5-12)20-16(21)14-7-6-13(18)8-15(14)17/h2-8,10H,1H3,(H,20,21). The lowest BCUT2D eigenvalue weighted by molar-refractivity contribution is 0.0939. The monoisotopic (exact) mass is 346 g/mol. The van der Waals surface area contributed by atoms with Gasteiger partial charge in [-0.25, -0.2) is 4.39 Å². The maximum absolute atomic E-state index is 13.0. The summed E-state index contributed by atoms with van der Waals surface area (Å²) in [5.74, 6) is -0.697. The molecule has 0 fully saturated rings. The number of hydrogen-bond acceptors (Lipinski definition) is 2. The first kappa shape index (κ1) is 15.2. The Balaban J connectivity index is 2.13. The number of nitrogens with zero attached hydrogens (tertiary/aromatic N) is 1. The van der Waals surface area contributed by atoms with Crippen LogP contribution in [-0.4, -0.2) is 5.91 Å². The number of benzene rings is 2. The van der Waals surface area contributed by atoms with Crippen LogP contribution in [-0.2, 0) is 0 Å². The highest BCUT2D eigenvalue weighted by atomic mass is 79.9. The van der Waals surface area contributed by atoms with Crippen LogP contribution in [0, 0.1) is 17.1 Å². The van der Waals surface area contributed by atoms with E-state index in [0.29, 0.717) is 15.6 Å². The molecule has 1 unspecified atom stereocenters. The minimum Gasteiger partial charge on any atom is -0.345 e. The molecule has 0 bridgehead atoms. The predicted molar refractivity (Wildman–Crippen MR) is 81.1 cm³/mol. The zero-order valence-corrected chi connectivity index (χ0v) is 12.8. The predicted octanol–water partition coefficient (Wildman–Crippen LogP) is 3.95. The molecule has 0 aliphatic carbocycles. The summed E-state index contributed by atoms with van der Waals surface area (Å²) in [7, 11) is 0. The van der Waals surface area contributed by atoms with Gasteiger partial charge in [-0.15, -0.1) is 0 Å². The highest BCUT2D eigenvalue weighted by Crippen LogP contribution is 2.20. The minimum atomic E-state index is -0.404. The van der Waals surface area contributed by atoms with Gasteiger partial charge in [-0.3, -0.25) is 4.79 Å². The molecular formula is C16H12BrFN2O. The second kappa shape index (κ2) is 6.51. The van der Waals surface area contributed by atoms with Gasteiger partial charge in [0, 0.05) is 4.47 Å². The van der Waals surface area contributed by atoms with Gasteiger partial charge in [0.15, 0.2) is 0 Å². The third kappa shape index (κ3) is 3.67. The summed E-state index contributed by atoms with van der Waals surface area (Å²) in [4.78, 5) is 12.2. The summed E-state index contributed by atoms with van der Waals surface area (Å²) < 4.78 is 13.4. The normalized spacial score (nSPS) is 11.5. The third-order valence-electron chi connectivity index (χ3n) is 3.06. The molecule has 0 aliphatic rings. The lowest BCUT2D eigenvalue weighted by atomic mass is 10.1. The van der Waals surface area contributed by atoms with E-state index in [1.165, 1.54) is 18.2 Å². The van der Waals surface area contributed by atoms with Crippen molar-refractivity contribution in [1.29, 1.82) is 5.26 Å². The highest BCUT2D eigenvalue weighted by molar-refractivity contribution is 9.10. The van der Waals surface area contributed by atoms with Gasteiger partial charge < -0.3 is 5.32 Å². The molecule has 3 nitrogen and oxygen atoms in total. The fourth-order valence-electron chi connectivity index (χ4n) is 1.88. The van der Waals surface area contributed by atoms with E-state index in [2.05, 4.69) is 21.2 Å². The van der Waals surface area contributed by atoms with Gasteiger partial charge in [0.1, 0.15) is 5.82 Å². The van der Waals surface area contributed by atoms with E-state index < -0.39 is 5.82 Å². The lowest BCUT2D eigenvalue weighted by Gasteiger charge is -2.15. The van der Waals surface area contributed by atoms with E-state index in [9.17, 15) is 9.18 Å². The first-order valence-corrected chi connectivity index (χ1v) is 7.06. The van der Waals surface area contributed by atoms with Crippen LogP contribution in [0.3, 0.4) is 0 Å². The van der Waals surface area contributed by atoms with Crippen LogP contribution in [0.4, 0.5) is 4.39 Å². The van der Waals surface area contributed by atoms with Gasteiger partial charge in [0.25, 0.3) is 5.91 Å². The smallest absolute Gasteiger partial charge is 0.252 e. The largest absolute Gasteiger partial charge is 0.345 e. The van der Waals surface area contributed by atoms with Crippen LogP contribution in [0.5, 0.6) is 0 Å². The number of halogens is 2. The number of rotatable bonds is 3. The second-order valence-electron chi connectivity index (χ2n) is 4.55. The number of nitriles is 1. The van der Waals surface area contributed by atoms with Crippen LogP contribution < -0.4 is 5.32 Å². The van der Waals surface area contributed by atoms with Crippen LogP contribution in [0.25, 0.3) is 0 Å². The van der Waals surface area contributed by atoms with E-state index in [1.54, 1.807) is 24.3 Å². The molecule has 0 aromatic heterocycles. The fraction of sp³-hybridized carbons (Fsp3) is 0.125. The van der Waals surface area contributed by atoms with Gasteiger partial charge >= 0.3 is 0 Å². The van der Waals surface area contributed by atoms with Gasteiger partial charge in [-0.1, -0.05) is 12.1 Å². The van der Waals surface area contributed by atoms with Crippen LogP contribution in [0.1, 0.15) is 34.5 Å². The fourth-order valence-corrected chi connectivity index (χ4v) is 2.41. The molecule has 0 saturated carbocycles. The molecule has 2 rings (SSSR count). The molecule has 21 heavy (non-hydrogen) atoms. The van der Waals surface area contributed by atoms with Gasteiger partial charge in [0.2, 0.25) is 0 Å². The third-order valence-corrected chi connectivity index (χ3v) is 3.72. The quantitative estimate of drug-likeness (QED) is 0.914. The molecule has 0 aliphatic heterocycles. The van der Waals surface area contributed by atoms with Gasteiger partial charge in [-0.05, 0) is 58.7 Å². The van der Waals surface area contributed by atoms with Crippen molar-refractivity contribution in [2.45, 2.75) is 13.0 Å². The molecule has 0 spiro atoms. The molecule has 2 aromatic rings. The molecule has 1 N–H and O–H groups in total. The summed E-state index contributed by atoms with van der Waals surface area (Å²) in [6, 6.07) is 12.7. The van der Waals surface area contributed by atoms with Crippen molar-refractivity contribution in [2.24, 2.45) is 0 Å². The molecule has 106 valence electrons. The molecule has 2 aromatic carbocycles. The maximum Gasteiger partial charge on any atom is 0.252 e. The Kier molecular flexibility index (Phi) is 4.71. The zero-order chi connectivity index (χ0) is 15.4. The van der Waals surface area contributed by atoms with Gasteiger partial charge in [0.05, 0.1) is 23.2 Å². The Hall–Kier alpha value is -2.19. The summed E-state index contributed by atoms with van der Waals surface area (Å²) in [5, 5.41) is 11.6. The Morgan fingerprint density at radius 3 is 2.52 bits per heavy atom. The highest BCUT2D eigenvalue weighted by Gasteiger charge is 2.14. The van der Waals surface area contributed by atoms with Gasteiger partial charge in [-0.2, -0.15) is 5.26 Å². The van der Waals surface area contributed by atoms with Crippen molar-refractivity contribution in [1.82, 2.24) is 5.32 Å². The minimum absolute atomic E-state index is 0.220. The van der Waals surface area contributed by atoms with Crippen molar-refractivity contribution in [3.63, 3.8) is 0 Å². The summed E-state index contributed by atoms with van der Waals surface area (Å²) in [6.45, 7) is 1.84. The SMILES string of the molecule is CC(NC(=O)c1ccc(F)cc1Br)c1ccc(C#N)cc1. The molecule has 5 heteroatoms. The number of hydrogen-bond donors (Lipinski definition) is 1. The number of carbonyl (C=O) groups excluding carboxylic acids is 1. The first-order valence-electron chi connectivity index (χ1n) is 6.27. The van der Waals surface area contributed by atoms with Crippen LogP contribution in [0.2, 0.25) is 0 Å². The Labute approximate surface area is 130 Å². The lowest BCUT2D eigenvalue weighted by Crippen LogP contribution is -2.27. The molecule has 1 atom stereocenters. The number of carbonyl (C=O) groups is 1. The van der Waals surface area contributed by atoms with Crippen LogP contribution >= 0.6 is 15.9 Å². The molecule has 1 amide bonds. The topological polar surface area (TPSA) is 52.9 Å². The number of amides is 1. The van der Waals surface area contributed by atoms with Crippen molar-refractivity contribution in [3.05, 3.63) is 69.4 Å². The first-order chi connectivity index (χ1) is 10.0. The second-order valence-corrected chi connectivity index (χ2v) is 5.41. The molecule has 0 heterocycles. The van der Waals surface area contributed by atoms with E-state index in [4.69, 9.17) is 5.26 Å². The van der Waals surface area contributed by atoms with Crippen molar-refractivity contribution in [2.75, 3.05) is 0 Å². The van der Waals surface area contributed by atoms with Crippen molar-refractivity contribution < 1.29 is 9.18 Å². The van der Waals surface area contributed by atoms with E-state index >= 15 is 0 Å². The zero-order valence-electron chi connectivity index (χ0n) is 11.2. The van der Waals surface area contributed by atoms with Crippen molar-refractivity contribution in [3.8, 4) is 6.07 Å². The van der Waals surface area contributed by atoms with E-state index in [1.807, 2.05) is 13.0 Å². The average molecular weight is 347 g/mol. The van der Waals surface area contributed by atoms with E-state index in [-0.39, 0.29) is 11.9 Å². The average Bonchev–Trinajstić information content (AvgIpc) is 2.47. The van der Waals surface area contributed by atoms with Crippen molar-refractivity contribution >= 4 is 21.8 Å². The Morgan fingerprint density at radius 1 is 1.29 bits per heavy atom. The Bertz CT molecular complexity index is 707. The summed E-state index contributed by atoms with van der Waals surface area (Å²) in [6.07, 6.45) is 0. The van der Waals surface area contributed by atoms with E-state index in [0.717, 1.165) is 5.56 Å².